The molecule has 1 aliphatic rings. The van der Waals surface area contributed by atoms with E-state index in [2.05, 4.69) is 24.2 Å². The number of piperidine rings is 1. The molecule has 0 saturated carbocycles. The minimum Gasteiger partial charge on any atom is -0.366 e. The maximum atomic E-state index is 11.4. The second-order valence-electron chi connectivity index (χ2n) is 5.77. The predicted octanol–water partition coefficient (Wildman–Crippen LogP) is 3.29. The van der Waals surface area contributed by atoms with Crippen LogP contribution in [0, 0.1) is 15.5 Å². The number of nitrogens with one attached hydrogen (secondary N) is 1. The van der Waals surface area contributed by atoms with Crippen molar-refractivity contribution in [3.8, 4) is 0 Å². The van der Waals surface area contributed by atoms with Crippen molar-refractivity contribution < 1.29 is 4.92 Å². The Bertz CT molecular complexity index is 504. The van der Waals surface area contributed by atoms with Gasteiger partial charge in [-0.05, 0) is 30.4 Å². The van der Waals surface area contributed by atoms with Crippen molar-refractivity contribution in [1.29, 1.82) is 0 Å². The summed E-state index contributed by atoms with van der Waals surface area (Å²) in [6.45, 7) is 6.19. The van der Waals surface area contributed by atoms with Crippen molar-refractivity contribution in [2.75, 3.05) is 23.4 Å². The maximum Gasteiger partial charge on any atom is 0.316 e. The lowest BCUT2D eigenvalue weighted by Gasteiger charge is -2.41. The van der Waals surface area contributed by atoms with Crippen LogP contribution in [-0.2, 0) is 0 Å². The standard InChI is InChI=1S/C15H24N4O2/c1-3-15(4-2)8-10-18(11-9-15)13-7-5-6-12(17-16)14(13)19(20)21/h5-7,17H,3-4,8-11,16H2,1-2H3. The third-order valence-electron chi connectivity index (χ3n) is 5.02. The quantitative estimate of drug-likeness (QED) is 0.494. The fourth-order valence-corrected chi connectivity index (χ4v) is 3.27. The first-order valence-corrected chi connectivity index (χ1v) is 7.56. The number of anilines is 2. The van der Waals surface area contributed by atoms with Gasteiger partial charge in [-0.1, -0.05) is 32.8 Å². The summed E-state index contributed by atoms with van der Waals surface area (Å²) in [7, 11) is 0. The van der Waals surface area contributed by atoms with Gasteiger partial charge < -0.3 is 10.3 Å². The zero-order chi connectivity index (χ0) is 15.5. The van der Waals surface area contributed by atoms with E-state index in [9.17, 15) is 10.1 Å². The molecule has 1 saturated heterocycles. The second kappa shape index (κ2) is 6.30. The van der Waals surface area contributed by atoms with E-state index >= 15 is 0 Å². The van der Waals surface area contributed by atoms with Crippen LogP contribution in [0.3, 0.4) is 0 Å². The average molecular weight is 292 g/mol. The van der Waals surface area contributed by atoms with Crippen LogP contribution < -0.4 is 16.2 Å². The summed E-state index contributed by atoms with van der Waals surface area (Å²) in [5.74, 6) is 5.40. The van der Waals surface area contributed by atoms with Gasteiger partial charge in [0, 0.05) is 13.1 Å². The Morgan fingerprint density at radius 2 is 1.95 bits per heavy atom. The second-order valence-corrected chi connectivity index (χ2v) is 5.77. The number of hydrazine groups is 1. The number of benzene rings is 1. The Balaban J connectivity index is 2.26. The lowest BCUT2D eigenvalue weighted by atomic mass is 9.74. The normalized spacial score (nSPS) is 17.6. The molecule has 1 heterocycles. The van der Waals surface area contributed by atoms with Gasteiger partial charge in [0.15, 0.2) is 0 Å². The number of para-hydroxylation sites is 1. The minimum absolute atomic E-state index is 0.0699. The summed E-state index contributed by atoms with van der Waals surface area (Å²) in [4.78, 5) is 13.1. The summed E-state index contributed by atoms with van der Waals surface area (Å²) < 4.78 is 0. The van der Waals surface area contributed by atoms with E-state index in [-0.39, 0.29) is 10.6 Å². The number of rotatable bonds is 5. The molecule has 1 aliphatic heterocycles. The molecular formula is C15H24N4O2. The van der Waals surface area contributed by atoms with E-state index in [1.165, 1.54) is 12.8 Å². The van der Waals surface area contributed by atoms with Crippen LogP contribution in [0.2, 0.25) is 0 Å². The van der Waals surface area contributed by atoms with Crippen LogP contribution in [0.15, 0.2) is 18.2 Å². The van der Waals surface area contributed by atoms with Gasteiger partial charge >= 0.3 is 5.69 Å². The van der Waals surface area contributed by atoms with Gasteiger partial charge in [0.05, 0.1) is 4.92 Å². The van der Waals surface area contributed by atoms with Crippen LogP contribution in [0.5, 0.6) is 0 Å². The zero-order valence-corrected chi connectivity index (χ0v) is 12.8. The lowest BCUT2D eigenvalue weighted by Crippen LogP contribution is -2.40. The van der Waals surface area contributed by atoms with Crippen molar-refractivity contribution in [2.45, 2.75) is 39.5 Å². The fraction of sp³-hybridized carbons (Fsp3) is 0.600. The number of nitrogens with two attached hydrogens (primary N) is 1. The molecule has 1 fully saturated rings. The van der Waals surface area contributed by atoms with Crippen LogP contribution in [0.4, 0.5) is 17.1 Å². The highest BCUT2D eigenvalue weighted by Gasteiger charge is 2.33. The summed E-state index contributed by atoms with van der Waals surface area (Å²) in [5, 5.41) is 11.4. The number of hydrogen-bond donors (Lipinski definition) is 2. The van der Waals surface area contributed by atoms with Crippen LogP contribution >= 0.6 is 0 Å². The first-order chi connectivity index (χ1) is 10.1. The van der Waals surface area contributed by atoms with E-state index in [0.29, 0.717) is 16.8 Å². The number of nitrogens with zero attached hydrogens (tertiary/aromatic N) is 2. The molecule has 1 aromatic rings. The molecule has 0 atom stereocenters. The number of nitro groups is 1. The van der Waals surface area contributed by atoms with Gasteiger partial charge in [0.1, 0.15) is 11.4 Å². The van der Waals surface area contributed by atoms with Crippen molar-refractivity contribution in [1.82, 2.24) is 0 Å². The summed E-state index contributed by atoms with van der Waals surface area (Å²) in [5.41, 5.74) is 3.92. The van der Waals surface area contributed by atoms with Crippen LogP contribution in [0.25, 0.3) is 0 Å². The van der Waals surface area contributed by atoms with Gasteiger partial charge in [0.2, 0.25) is 0 Å². The largest absolute Gasteiger partial charge is 0.366 e. The molecule has 0 amide bonds. The topological polar surface area (TPSA) is 84.4 Å². The van der Waals surface area contributed by atoms with E-state index in [4.69, 9.17) is 5.84 Å². The lowest BCUT2D eigenvalue weighted by molar-refractivity contribution is -0.383. The molecule has 21 heavy (non-hydrogen) atoms. The molecule has 0 aromatic heterocycles. The van der Waals surface area contributed by atoms with Crippen molar-refractivity contribution in [2.24, 2.45) is 11.3 Å². The molecule has 0 aliphatic carbocycles. The van der Waals surface area contributed by atoms with E-state index in [1.807, 2.05) is 6.07 Å². The Kier molecular flexibility index (Phi) is 4.67. The number of nitro benzene ring substituents is 1. The molecule has 2 rings (SSSR count). The fourth-order valence-electron chi connectivity index (χ4n) is 3.27. The third-order valence-corrected chi connectivity index (χ3v) is 5.02. The minimum atomic E-state index is -0.355. The monoisotopic (exact) mass is 292 g/mol. The first kappa shape index (κ1) is 15.6. The molecule has 3 N–H and O–H groups in total. The van der Waals surface area contributed by atoms with E-state index in [1.54, 1.807) is 12.1 Å². The van der Waals surface area contributed by atoms with Crippen molar-refractivity contribution in [3.05, 3.63) is 28.3 Å². The zero-order valence-electron chi connectivity index (χ0n) is 12.8. The van der Waals surface area contributed by atoms with Crippen LogP contribution in [0.1, 0.15) is 39.5 Å². The molecule has 116 valence electrons. The predicted molar refractivity (Wildman–Crippen MR) is 85.4 cm³/mol. The van der Waals surface area contributed by atoms with Crippen LogP contribution in [-0.4, -0.2) is 18.0 Å². The van der Waals surface area contributed by atoms with Crippen molar-refractivity contribution in [3.63, 3.8) is 0 Å². The Morgan fingerprint density at radius 3 is 2.43 bits per heavy atom. The smallest absolute Gasteiger partial charge is 0.316 e. The SMILES string of the molecule is CCC1(CC)CCN(c2cccc(NN)c2[N+](=O)[O-])CC1. The molecular weight excluding hydrogens is 268 g/mol. The maximum absolute atomic E-state index is 11.4. The molecule has 1 aromatic carbocycles. The van der Waals surface area contributed by atoms with Gasteiger partial charge in [-0.2, -0.15) is 0 Å². The first-order valence-electron chi connectivity index (χ1n) is 7.56. The Morgan fingerprint density at radius 1 is 1.33 bits per heavy atom. The third kappa shape index (κ3) is 2.95. The average Bonchev–Trinajstić information content (AvgIpc) is 2.54. The van der Waals surface area contributed by atoms with Gasteiger partial charge in [-0.15, -0.1) is 0 Å². The molecule has 0 radical (unpaired) electrons. The molecule has 0 unspecified atom stereocenters. The molecule has 0 bridgehead atoms. The number of hydrogen-bond acceptors (Lipinski definition) is 5. The molecule has 6 heteroatoms. The van der Waals surface area contributed by atoms with Gasteiger partial charge in [0.25, 0.3) is 0 Å². The highest BCUT2D eigenvalue weighted by molar-refractivity contribution is 5.76. The van der Waals surface area contributed by atoms with E-state index in [0.717, 1.165) is 25.9 Å². The Labute approximate surface area is 125 Å². The Hall–Kier alpha value is -1.82. The summed E-state index contributed by atoms with van der Waals surface area (Å²) in [6, 6.07) is 5.25. The highest BCUT2D eigenvalue weighted by Crippen LogP contribution is 2.42. The van der Waals surface area contributed by atoms with Crippen molar-refractivity contribution >= 4 is 17.1 Å². The van der Waals surface area contributed by atoms with Gasteiger partial charge in [-0.3, -0.25) is 16.0 Å². The van der Waals surface area contributed by atoms with Gasteiger partial charge in [-0.25, -0.2) is 0 Å². The summed E-state index contributed by atoms with van der Waals surface area (Å²) >= 11 is 0. The molecule has 0 spiro atoms. The van der Waals surface area contributed by atoms with E-state index < -0.39 is 0 Å². The number of nitrogen functional groups attached to an aromatic ring is 1. The molecule has 6 nitrogen and oxygen atoms in total. The summed E-state index contributed by atoms with van der Waals surface area (Å²) in [6.07, 6.45) is 4.50. The highest BCUT2D eigenvalue weighted by atomic mass is 16.6.